The second kappa shape index (κ2) is 2.95. The lowest BCUT2D eigenvalue weighted by molar-refractivity contribution is 0.117. The van der Waals surface area contributed by atoms with E-state index in [1.54, 1.807) is 6.92 Å². The van der Waals surface area contributed by atoms with Crippen LogP contribution in [0.2, 0.25) is 0 Å². The Bertz CT molecular complexity index is 252. The van der Waals surface area contributed by atoms with Crippen LogP contribution in [0, 0.1) is 17.3 Å². The van der Waals surface area contributed by atoms with Crippen LogP contribution in [-0.4, -0.2) is 10.7 Å². The lowest BCUT2D eigenvalue weighted by Crippen LogP contribution is -2.30. The molecule has 0 saturated heterocycles. The van der Waals surface area contributed by atoms with E-state index in [0.29, 0.717) is 0 Å². The highest BCUT2D eigenvalue weighted by Crippen LogP contribution is 2.33. The standard InChI is InChI=1S/C11H16O/c1-4-5-11(12)8-6-10(2,3)7-9-11/h6,8,12H,7,9H2,1-3H3. The summed E-state index contributed by atoms with van der Waals surface area (Å²) in [6.45, 7) is 6.09. The van der Waals surface area contributed by atoms with Crippen molar-refractivity contribution in [3.8, 4) is 11.8 Å². The average Bonchev–Trinajstić information content (AvgIpc) is 1.98. The lowest BCUT2D eigenvalue weighted by Gasteiger charge is -2.31. The number of hydrogen-bond acceptors (Lipinski definition) is 1. The first kappa shape index (κ1) is 9.35. The van der Waals surface area contributed by atoms with Gasteiger partial charge in [-0.15, -0.1) is 5.92 Å². The molecule has 1 nitrogen and oxygen atoms in total. The maximum atomic E-state index is 9.84. The van der Waals surface area contributed by atoms with Crippen molar-refractivity contribution >= 4 is 0 Å². The summed E-state index contributed by atoms with van der Waals surface area (Å²) in [5.74, 6) is 5.57. The van der Waals surface area contributed by atoms with Crippen molar-refractivity contribution in [3.63, 3.8) is 0 Å². The molecule has 1 atom stereocenters. The van der Waals surface area contributed by atoms with E-state index in [1.807, 2.05) is 6.08 Å². The molecule has 12 heavy (non-hydrogen) atoms. The maximum Gasteiger partial charge on any atom is 0.144 e. The molecular formula is C11H16O. The molecule has 0 heterocycles. The van der Waals surface area contributed by atoms with Crippen LogP contribution < -0.4 is 0 Å². The Morgan fingerprint density at radius 1 is 1.25 bits per heavy atom. The molecule has 1 rings (SSSR count). The Kier molecular flexibility index (Phi) is 2.30. The quantitative estimate of drug-likeness (QED) is 0.429. The Hall–Kier alpha value is -0.740. The molecule has 1 N–H and O–H groups in total. The largest absolute Gasteiger partial charge is 0.374 e. The first-order valence-electron chi connectivity index (χ1n) is 4.34. The van der Waals surface area contributed by atoms with Crippen LogP contribution >= 0.6 is 0 Å². The van der Waals surface area contributed by atoms with Gasteiger partial charge in [0.05, 0.1) is 0 Å². The molecule has 0 aromatic carbocycles. The van der Waals surface area contributed by atoms with Gasteiger partial charge in [0.2, 0.25) is 0 Å². The SMILES string of the molecule is CC#CC1(O)C=CC(C)(C)CC1. The zero-order chi connectivity index (χ0) is 9.24. The predicted molar refractivity (Wildman–Crippen MR) is 50.6 cm³/mol. The molecule has 0 saturated carbocycles. The summed E-state index contributed by atoms with van der Waals surface area (Å²) < 4.78 is 0. The minimum absolute atomic E-state index is 0.224. The van der Waals surface area contributed by atoms with Crippen LogP contribution in [0.25, 0.3) is 0 Å². The highest BCUT2D eigenvalue weighted by molar-refractivity contribution is 5.25. The van der Waals surface area contributed by atoms with Crippen molar-refractivity contribution in [2.24, 2.45) is 5.41 Å². The van der Waals surface area contributed by atoms with Gasteiger partial charge in [-0.3, -0.25) is 0 Å². The van der Waals surface area contributed by atoms with E-state index in [-0.39, 0.29) is 5.41 Å². The van der Waals surface area contributed by atoms with Crippen LogP contribution in [0.4, 0.5) is 0 Å². The predicted octanol–water partition coefficient (Wildman–Crippen LogP) is 2.12. The van der Waals surface area contributed by atoms with E-state index in [4.69, 9.17) is 0 Å². The van der Waals surface area contributed by atoms with E-state index in [2.05, 4.69) is 31.8 Å². The highest BCUT2D eigenvalue weighted by atomic mass is 16.3. The number of allylic oxidation sites excluding steroid dienone is 1. The van der Waals surface area contributed by atoms with E-state index in [1.165, 1.54) is 0 Å². The van der Waals surface area contributed by atoms with Crippen molar-refractivity contribution < 1.29 is 5.11 Å². The number of rotatable bonds is 0. The van der Waals surface area contributed by atoms with Gasteiger partial charge < -0.3 is 5.11 Å². The van der Waals surface area contributed by atoms with E-state index >= 15 is 0 Å². The van der Waals surface area contributed by atoms with Gasteiger partial charge in [0.25, 0.3) is 0 Å². The third-order valence-electron chi connectivity index (χ3n) is 2.30. The Balaban J connectivity index is 2.81. The average molecular weight is 164 g/mol. The Morgan fingerprint density at radius 3 is 2.33 bits per heavy atom. The fourth-order valence-corrected chi connectivity index (χ4v) is 1.36. The second-order valence-corrected chi connectivity index (χ2v) is 4.12. The topological polar surface area (TPSA) is 20.2 Å². The van der Waals surface area contributed by atoms with Crippen LogP contribution in [0.3, 0.4) is 0 Å². The molecule has 0 aliphatic heterocycles. The van der Waals surface area contributed by atoms with Gasteiger partial charge in [-0.2, -0.15) is 0 Å². The monoisotopic (exact) mass is 164 g/mol. The number of aliphatic hydroxyl groups is 1. The summed E-state index contributed by atoms with van der Waals surface area (Å²) in [7, 11) is 0. The van der Waals surface area contributed by atoms with Crippen LogP contribution in [0.1, 0.15) is 33.6 Å². The minimum Gasteiger partial charge on any atom is -0.374 e. The summed E-state index contributed by atoms with van der Waals surface area (Å²) in [6.07, 6.45) is 5.62. The summed E-state index contributed by atoms with van der Waals surface area (Å²) in [5, 5.41) is 9.84. The summed E-state index contributed by atoms with van der Waals surface area (Å²) in [4.78, 5) is 0. The number of hydrogen-bond donors (Lipinski definition) is 1. The van der Waals surface area contributed by atoms with Gasteiger partial charge in [-0.25, -0.2) is 0 Å². The minimum atomic E-state index is -0.857. The van der Waals surface area contributed by atoms with Crippen molar-refractivity contribution in [1.82, 2.24) is 0 Å². The first-order valence-corrected chi connectivity index (χ1v) is 4.34. The fraction of sp³-hybridized carbons (Fsp3) is 0.636. The zero-order valence-electron chi connectivity index (χ0n) is 8.02. The Labute approximate surface area is 74.5 Å². The molecule has 0 radical (unpaired) electrons. The van der Waals surface area contributed by atoms with Crippen molar-refractivity contribution in [3.05, 3.63) is 12.2 Å². The molecule has 0 bridgehead atoms. The maximum absolute atomic E-state index is 9.84. The molecule has 0 spiro atoms. The molecule has 0 fully saturated rings. The summed E-state index contributed by atoms with van der Waals surface area (Å²) in [5.41, 5.74) is -0.633. The van der Waals surface area contributed by atoms with Crippen LogP contribution in [0.5, 0.6) is 0 Å². The molecule has 1 aliphatic carbocycles. The van der Waals surface area contributed by atoms with Crippen molar-refractivity contribution in [1.29, 1.82) is 0 Å². The molecule has 0 amide bonds. The Morgan fingerprint density at radius 2 is 1.92 bits per heavy atom. The normalized spacial score (nSPS) is 32.3. The zero-order valence-corrected chi connectivity index (χ0v) is 8.02. The highest BCUT2D eigenvalue weighted by Gasteiger charge is 2.29. The molecule has 1 unspecified atom stereocenters. The van der Waals surface area contributed by atoms with Gasteiger partial charge in [0.15, 0.2) is 0 Å². The third kappa shape index (κ3) is 2.12. The summed E-state index contributed by atoms with van der Waals surface area (Å²) in [6, 6.07) is 0. The van der Waals surface area contributed by atoms with E-state index < -0.39 is 5.60 Å². The van der Waals surface area contributed by atoms with Crippen LogP contribution in [-0.2, 0) is 0 Å². The molecule has 1 heteroatoms. The second-order valence-electron chi connectivity index (χ2n) is 4.12. The molecule has 0 aromatic heterocycles. The van der Waals surface area contributed by atoms with Crippen molar-refractivity contribution in [2.75, 3.05) is 0 Å². The third-order valence-corrected chi connectivity index (χ3v) is 2.30. The fourth-order valence-electron chi connectivity index (χ4n) is 1.36. The van der Waals surface area contributed by atoms with Gasteiger partial charge in [-0.1, -0.05) is 25.8 Å². The smallest absolute Gasteiger partial charge is 0.144 e. The summed E-state index contributed by atoms with van der Waals surface area (Å²) >= 11 is 0. The first-order chi connectivity index (χ1) is 5.47. The lowest BCUT2D eigenvalue weighted by atomic mass is 9.77. The van der Waals surface area contributed by atoms with Gasteiger partial charge in [-0.05, 0) is 31.3 Å². The van der Waals surface area contributed by atoms with E-state index in [0.717, 1.165) is 12.8 Å². The van der Waals surface area contributed by atoms with Crippen molar-refractivity contribution in [2.45, 2.75) is 39.2 Å². The molecule has 0 aromatic rings. The molecular weight excluding hydrogens is 148 g/mol. The van der Waals surface area contributed by atoms with Crippen LogP contribution in [0.15, 0.2) is 12.2 Å². The van der Waals surface area contributed by atoms with Gasteiger partial charge in [0, 0.05) is 0 Å². The molecule has 66 valence electrons. The molecule has 1 aliphatic rings. The van der Waals surface area contributed by atoms with Gasteiger partial charge in [0.1, 0.15) is 5.60 Å². The van der Waals surface area contributed by atoms with E-state index in [9.17, 15) is 5.11 Å². The van der Waals surface area contributed by atoms with Gasteiger partial charge >= 0.3 is 0 Å².